The van der Waals surface area contributed by atoms with Crippen LogP contribution in [0.15, 0.2) is 36.4 Å². The summed E-state index contributed by atoms with van der Waals surface area (Å²) in [6.07, 6.45) is 4.21. The van der Waals surface area contributed by atoms with E-state index in [9.17, 15) is 14.7 Å². The zero-order valence-electron chi connectivity index (χ0n) is 18.1. The summed E-state index contributed by atoms with van der Waals surface area (Å²) < 4.78 is 5.85. The van der Waals surface area contributed by atoms with Crippen LogP contribution in [0.5, 0.6) is 0 Å². The third kappa shape index (κ3) is 6.40. The van der Waals surface area contributed by atoms with E-state index < -0.39 is 12.1 Å². The molecule has 6 nitrogen and oxygen atoms in total. The molecule has 1 saturated heterocycles. The molecule has 0 saturated carbocycles. The molecule has 2 aromatic rings. The van der Waals surface area contributed by atoms with E-state index in [0.29, 0.717) is 24.5 Å². The van der Waals surface area contributed by atoms with Crippen molar-refractivity contribution in [3.05, 3.63) is 51.7 Å². The molecular formula is C25H35NO5S. The summed E-state index contributed by atoms with van der Waals surface area (Å²) >= 11 is 1.20. The minimum atomic E-state index is -0.934. The zero-order chi connectivity index (χ0) is 22.4. The number of carboxylic acid groups (broad SMARTS) is 1. The first-order valence-corrected chi connectivity index (χ1v) is 11.7. The first-order chi connectivity index (χ1) is 14.9. The van der Waals surface area contributed by atoms with Gasteiger partial charge in [-0.05, 0) is 42.7 Å². The van der Waals surface area contributed by atoms with Crippen molar-refractivity contribution in [2.45, 2.75) is 72.1 Å². The van der Waals surface area contributed by atoms with Crippen LogP contribution in [0.1, 0.15) is 79.6 Å². The van der Waals surface area contributed by atoms with E-state index in [4.69, 9.17) is 9.84 Å². The molecule has 0 spiro atoms. The summed E-state index contributed by atoms with van der Waals surface area (Å²) in [5.41, 5.74) is 1.69. The number of carboxylic acids is 1. The number of aliphatic hydroxyl groups is 1. The molecule has 2 unspecified atom stereocenters. The SMILES string of the molecule is C.CCCCCC(O)c1ccc(N2C(=O)C(C)C[C@@H]2COCc2ccc(C(=O)O)s2)cc1. The molecule has 0 radical (unpaired) electrons. The van der Waals surface area contributed by atoms with E-state index in [0.717, 1.165) is 41.8 Å². The van der Waals surface area contributed by atoms with Gasteiger partial charge in [-0.25, -0.2) is 4.79 Å². The molecule has 1 aliphatic rings. The van der Waals surface area contributed by atoms with Crippen molar-refractivity contribution >= 4 is 28.9 Å². The lowest BCUT2D eigenvalue weighted by atomic mass is 10.0. The van der Waals surface area contributed by atoms with Crippen LogP contribution in [-0.4, -0.2) is 34.7 Å². The number of thiophene rings is 1. The van der Waals surface area contributed by atoms with Crippen molar-refractivity contribution in [2.75, 3.05) is 11.5 Å². The number of amides is 1. The molecule has 7 heteroatoms. The van der Waals surface area contributed by atoms with E-state index >= 15 is 0 Å². The van der Waals surface area contributed by atoms with Gasteiger partial charge in [0.2, 0.25) is 5.91 Å². The number of rotatable bonds is 11. The molecule has 1 aliphatic heterocycles. The van der Waals surface area contributed by atoms with Gasteiger partial charge in [0.15, 0.2) is 0 Å². The lowest BCUT2D eigenvalue weighted by Crippen LogP contribution is -2.36. The fraction of sp³-hybridized carbons (Fsp3) is 0.520. The van der Waals surface area contributed by atoms with Gasteiger partial charge in [-0.15, -0.1) is 11.3 Å². The Bertz CT molecular complexity index is 879. The lowest BCUT2D eigenvalue weighted by molar-refractivity contribution is -0.120. The molecule has 2 N–H and O–H groups in total. The van der Waals surface area contributed by atoms with E-state index in [2.05, 4.69) is 6.92 Å². The molecule has 0 bridgehead atoms. The molecule has 1 fully saturated rings. The standard InChI is InChI=1S/C24H31NO5S.CH4/c1-3-4-5-6-21(26)17-7-9-18(10-8-17)25-19(13-16(2)23(25)27)14-30-15-20-11-12-22(31-20)24(28)29;/h7-12,16,19,21,26H,3-6,13-15H2,1-2H3,(H,28,29);1H4/t16?,19-,21?;/m1./s1. The van der Waals surface area contributed by atoms with Gasteiger partial charge in [0, 0.05) is 16.5 Å². The monoisotopic (exact) mass is 461 g/mol. The summed E-state index contributed by atoms with van der Waals surface area (Å²) in [4.78, 5) is 26.7. The third-order valence-electron chi connectivity index (χ3n) is 5.71. The van der Waals surface area contributed by atoms with Crippen molar-refractivity contribution in [1.29, 1.82) is 0 Å². The van der Waals surface area contributed by atoms with Crippen molar-refractivity contribution < 1.29 is 24.5 Å². The molecular weight excluding hydrogens is 426 g/mol. The van der Waals surface area contributed by atoms with Gasteiger partial charge in [0.25, 0.3) is 0 Å². The Morgan fingerprint density at radius 2 is 1.94 bits per heavy atom. The number of carbonyl (C=O) groups excluding carboxylic acids is 1. The van der Waals surface area contributed by atoms with Crippen LogP contribution >= 0.6 is 11.3 Å². The van der Waals surface area contributed by atoms with Crippen LogP contribution in [0, 0.1) is 5.92 Å². The maximum absolute atomic E-state index is 12.8. The second-order valence-electron chi connectivity index (χ2n) is 8.19. The fourth-order valence-electron chi connectivity index (χ4n) is 3.99. The number of carbonyl (C=O) groups is 2. The average molecular weight is 462 g/mol. The molecule has 3 atom stereocenters. The molecule has 2 heterocycles. The highest BCUT2D eigenvalue weighted by molar-refractivity contribution is 7.13. The summed E-state index contributed by atoms with van der Waals surface area (Å²) in [7, 11) is 0. The Hall–Kier alpha value is -2.22. The second-order valence-corrected chi connectivity index (χ2v) is 9.36. The number of ether oxygens (including phenoxy) is 1. The van der Waals surface area contributed by atoms with Gasteiger partial charge in [0.1, 0.15) is 4.88 Å². The first-order valence-electron chi connectivity index (χ1n) is 10.9. The van der Waals surface area contributed by atoms with E-state index in [1.165, 1.54) is 11.3 Å². The molecule has 1 aromatic carbocycles. The van der Waals surface area contributed by atoms with Crippen LogP contribution in [0.4, 0.5) is 5.69 Å². The molecule has 0 aliphatic carbocycles. The topological polar surface area (TPSA) is 87.1 Å². The van der Waals surface area contributed by atoms with E-state index in [1.807, 2.05) is 31.2 Å². The summed E-state index contributed by atoms with van der Waals surface area (Å²) in [5.74, 6) is -0.932. The van der Waals surface area contributed by atoms with Crippen molar-refractivity contribution in [3.63, 3.8) is 0 Å². The van der Waals surface area contributed by atoms with Crippen LogP contribution in [0.25, 0.3) is 0 Å². The number of aromatic carboxylic acids is 1. The van der Waals surface area contributed by atoms with Gasteiger partial charge in [-0.2, -0.15) is 0 Å². The fourth-order valence-corrected chi connectivity index (χ4v) is 4.77. The van der Waals surface area contributed by atoms with Crippen LogP contribution in [0.3, 0.4) is 0 Å². The Morgan fingerprint density at radius 1 is 1.22 bits per heavy atom. The highest BCUT2D eigenvalue weighted by Crippen LogP contribution is 2.32. The normalized spacial score (nSPS) is 19.1. The number of aliphatic hydroxyl groups excluding tert-OH is 1. The highest BCUT2D eigenvalue weighted by atomic mass is 32.1. The van der Waals surface area contributed by atoms with E-state index in [1.54, 1.807) is 17.0 Å². The van der Waals surface area contributed by atoms with Crippen molar-refractivity contribution in [1.82, 2.24) is 0 Å². The Labute approximate surface area is 194 Å². The highest BCUT2D eigenvalue weighted by Gasteiger charge is 2.37. The maximum Gasteiger partial charge on any atom is 0.345 e. The molecule has 1 aromatic heterocycles. The Kier molecular flexibility index (Phi) is 9.87. The van der Waals surface area contributed by atoms with Crippen LogP contribution in [0.2, 0.25) is 0 Å². The quantitative estimate of drug-likeness (QED) is 0.422. The van der Waals surface area contributed by atoms with Crippen molar-refractivity contribution in [2.24, 2.45) is 5.92 Å². The van der Waals surface area contributed by atoms with Crippen molar-refractivity contribution in [3.8, 4) is 0 Å². The largest absolute Gasteiger partial charge is 0.477 e. The minimum absolute atomic E-state index is 0. The van der Waals surface area contributed by atoms with Gasteiger partial charge < -0.3 is 19.8 Å². The third-order valence-corrected chi connectivity index (χ3v) is 6.76. The molecule has 176 valence electrons. The smallest absolute Gasteiger partial charge is 0.345 e. The number of hydrogen-bond acceptors (Lipinski definition) is 5. The van der Waals surface area contributed by atoms with Gasteiger partial charge in [0.05, 0.1) is 25.4 Å². The molecule has 32 heavy (non-hydrogen) atoms. The van der Waals surface area contributed by atoms with E-state index in [-0.39, 0.29) is 25.3 Å². The first kappa shape index (κ1) is 26.0. The van der Waals surface area contributed by atoms with Gasteiger partial charge in [-0.3, -0.25) is 4.79 Å². The number of hydrogen-bond donors (Lipinski definition) is 2. The maximum atomic E-state index is 12.8. The number of unbranched alkanes of at least 4 members (excludes halogenated alkanes) is 2. The van der Waals surface area contributed by atoms with Gasteiger partial charge in [-0.1, -0.05) is 52.7 Å². The summed E-state index contributed by atoms with van der Waals surface area (Å²) in [6.45, 7) is 4.79. The summed E-state index contributed by atoms with van der Waals surface area (Å²) in [6, 6.07) is 10.9. The Balaban J connectivity index is 0.00000363. The lowest BCUT2D eigenvalue weighted by Gasteiger charge is -2.25. The minimum Gasteiger partial charge on any atom is -0.477 e. The predicted molar refractivity (Wildman–Crippen MR) is 128 cm³/mol. The second kappa shape index (κ2) is 12.1. The van der Waals surface area contributed by atoms with Crippen LogP contribution in [-0.2, 0) is 16.1 Å². The Morgan fingerprint density at radius 3 is 2.56 bits per heavy atom. The summed E-state index contributed by atoms with van der Waals surface area (Å²) in [5, 5.41) is 19.4. The average Bonchev–Trinajstić information content (AvgIpc) is 3.33. The van der Waals surface area contributed by atoms with Gasteiger partial charge >= 0.3 is 5.97 Å². The number of anilines is 1. The zero-order valence-corrected chi connectivity index (χ0v) is 18.9. The number of nitrogens with zero attached hydrogens (tertiary/aromatic N) is 1. The molecule has 1 amide bonds. The predicted octanol–water partition coefficient (Wildman–Crippen LogP) is 5.65. The molecule has 3 rings (SSSR count). The van der Waals surface area contributed by atoms with Crippen LogP contribution < -0.4 is 4.90 Å². The number of benzene rings is 1.